The van der Waals surface area contributed by atoms with Gasteiger partial charge in [-0.1, -0.05) is 0 Å². The van der Waals surface area contributed by atoms with Crippen LogP contribution in [0, 0.1) is 0 Å². The van der Waals surface area contributed by atoms with Crippen LogP contribution < -0.4 is 4.90 Å². The summed E-state index contributed by atoms with van der Waals surface area (Å²) in [6.07, 6.45) is 4.82. The summed E-state index contributed by atoms with van der Waals surface area (Å²) in [6.45, 7) is 0.863. The van der Waals surface area contributed by atoms with Crippen molar-refractivity contribution in [3.8, 4) is 0 Å². The molecule has 3 rings (SSSR count). The van der Waals surface area contributed by atoms with E-state index in [4.69, 9.17) is 4.74 Å². The number of methoxy groups -OCH3 is 1. The zero-order valence-corrected chi connectivity index (χ0v) is 11.7. The minimum absolute atomic E-state index is 0.159. The van der Waals surface area contributed by atoms with Crippen LogP contribution in [0.5, 0.6) is 0 Å². The van der Waals surface area contributed by atoms with E-state index in [0.29, 0.717) is 0 Å². The van der Waals surface area contributed by atoms with Crippen LogP contribution in [0.15, 0.2) is 23.7 Å². The molecule has 2 aromatic heterocycles. The van der Waals surface area contributed by atoms with Gasteiger partial charge in [0.15, 0.2) is 0 Å². The number of carbonyl (C=O) groups excluding carboxylic acids is 1. The van der Waals surface area contributed by atoms with Gasteiger partial charge in [-0.15, -0.1) is 11.3 Å². The van der Waals surface area contributed by atoms with Gasteiger partial charge in [0.25, 0.3) is 0 Å². The highest BCUT2D eigenvalue weighted by atomic mass is 32.1. The molecule has 1 saturated heterocycles. The lowest BCUT2D eigenvalue weighted by Gasteiger charge is -2.35. The van der Waals surface area contributed by atoms with E-state index in [-0.39, 0.29) is 12.0 Å². The maximum atomic E-state index is 11.9. The van der Waals surface area contributed by atoms with Crippen molar-refractivity contribution in [1.29, 1.82) is 0 Å². The van der Waals surface area contributed by atoms with Crippen molar-refractivity contribution >= 4 is 33.2 Å². The quantitative estimate of drug-likeness (QED) is 0.791. The summed E-state index contributed by atoms with van der Waals surface area (Å²) >= 11 is 1.70. The molecule has 100 valence electrons. The molecule has 3 heterocycles. The Kier molecular flexibility index (Phi) is 3.38. The van der Waals surface area contributed by atoms with E-state index in [0.717, 1.165) is 37.0 Å². The van der Waals surface area contributed by atoms with Crippen molar-refractivity contribution in [2.75, 3.05) is 18.6 Å². The van der Waals surface area contributed by atoms with Gasteiger partial charge in [0.05, 0.1) is 7.11 Å². The summed E-state index contributed by atoms with van der Waals surface area (Å²) in [5, 5.41) is 3.19. The first-order chi connectivity index (χ1) is 9.31. The zero-order valence-electron chi connectivity index (χ0n) is 10.8. The second kappa shape index (κ2) is 5.17. The van der Waals surface area contributed by atoms with Crippen LogP contribution in [0.25, 0.3) is 10.1 Å². The molecule has 1 unspecified atom stereocenters. The van der Waals surface area contributed by atoms with Crippen LogP contribution in [0.2, 0.25) is 0 Å². The second-order valence-electron chi connectivity index (χ2n) is 4.70. The number of anilines is 1. The number of esters is 1. The molecular formula is C14H16N2O2S. The standard InChI is InChI=1S/C14H16N2O2S/c1-18-14(17)11-4-2-3-8-16(11)13-10-6-9-19-12(10)5-7-15-13/h5-7,9,11H,2-4,8H2,1H3. The van der Waals surface area contributed by atoms with Gasteiger partial charge in [0.1, 0.15) is 11.9 Å². The number of hydrogen-bond donors (Lipinski definition) is 0. The maximum Gasteiger partial charge on any atom is 0.328 e. The molecule has 0 spiro atoms. The van der Waals surface area contributed by atoms with Crippen LogP contribution >= 0.6 is 11.3 Å². The Balaban J connectivity index is 2.02. The van der Waals surface area contributed by atoms with Crippen LogP contribution in [-0.4, -0.2) is 30.6 Å². The lowest BCUT2D eigenvalue weighted by Crippen LogP contribution is -2.45. The first kappa shape index (κ1) is 12.4. The third kappa shape index (κ3) is 2.18. The molecule has 0 aliphatic carbocycles. The van der Waals surface area contributed by atoms with Crippen LogP contribution in [0.1, 0.15) is 19.3 Å². The van der Waals surface area contributed by atoms with Gasteiger partial charge in [0.2, 0.25) is 0 Å². The molecule has 1 atom stereocenters. The highest BCUT2D eigenvalue weighted by Crippen LogP contribution is 2.32. The number of ether oxygens (including phenoxy) is 1. The highest BCUT2D eigenvalue weighted by molar-refractivity contribution is 7.17. The Hall–Kier alpha value is -1.62. The number of hydrogen-bond acceptors (Lipinski definition) is 5. The predicted octanol–water partition coefficient (Wildman–Crippen LogP) is 2.83. The minimum atomic E-state index is -0.197. The van der Waals surface area contributed by atoms with Gasteiger partial charge < -0.3 is 9.64 Å². The van der Waals surface area contributed by atoms with Gasteiger partial charge in [-0.2, -0.15) is 0 Å². The minimum Gasteiger partial charge on any atom is -0.467 e. The van der Waals surface area contributed by atoms with Crippen LogP contribution in [0.4, 0.5) is 5.82 Å². The maximum absolute atomic E-state index is 11.9. The first-order valence-corrected chi connectivity index (χ1v) is 7.36. The van der Waals surface area contributed by atoms with Crippen molar-refractivity contribution in [2.45, 2.75) is 25.3 Å². The Morgan fingerprint density at radius 1 is 1.47 bits per heavy atom. The van der Waals surface area contributed by atoms with Crippen molar-refractivity contribution in [2.24, 2.45) is 0 Å². The first-order valence-electron chi connectivity index (χ1n) is 6.48. The highest BCUT2D eigenvalue weighted by Gasteiger charge is 2.31. The molecule has 1 fully saturated rings. The van der Waals surface area contributed by atoms with Crippen molar-refractivity contribution in [3.63, 3.8) is 0 Å². The van der Waals surface area contributed by atoms with E-state index < -0.39 is 0 Å². The molecule has 1 aliphatic rings. The SMILES string of the molecule is COC(=O)C1CCCCN1c1nccc2sccc12. The monoisotopic (exact) mass is 276 g/mol. The third-order valence-electron chi connectivity index (χ3n) is 3.61. The number of carbonyl (C=O) groups is 1. The number of fused-ring (bicyclic) bond motifs is 1. The van der Waals surface area contributed by atoms with Crippen molar-refractivity contribution in [3.05, 3.63) is 23.7 Å². The van der Waals surface area contributed by atoms with E-state index in [1.54, 1.807) is 11.3 Å². The van der Waals surface area contributed by atoms with E-state index in [1.165, 1.54) is 11.8 Å². The Morgan fingerprint density at radius 3 is 3.21 bits per heavy atom. The Labute approximate surface area is 116 Å². The van der Waals surface area contributed by atoms with Crippen LogP contribution in [-0.2, 0) is 9.53 Å². The molecule has 0 radical (unpaired) electrons. The van der Waals surface area contributed by atoms with E-state index in [2.05, 4.69) is 21.3 Å². The fourth-order valence-electron chi connectivity index (χ4n) is 2.67. The molecule has 5 heteroatoms. The van der Waals surface area contributed by atoms with E-state index >= 15 is 0 Å². The summed E-state index contributed by atoms with van der Waals surface area (Å²) in [5.41, 5.74) is 0. The molecule has 0 aromatic carbocycles. The van der Waals surface area contributed by atoms with Gasteiger partial charge in [-0.3, -0.25) is 0 Å². The van der Waals surface area contributed by atoms with Gasteiger partial charge in [0, 0.05) is 22.8 Å². The fourth-order valence-corrected chi connectivity index (χ4v) is 3.45. The van der Waals surface area contributed by atoms with Crippen LogP contribution in [0.3, 0.4) is 0 Å². The molecular weight excluding hydrogens is 260 g/mol. The van der Waals surface area contributed by atoms with E-state index in [1.807, 2.05) is 12.3 Å². The van der Waals surface area contributed by atoms with Crippen molar-refractivity contribution in [1.82, 2.24) is 4.98 Å². The third-order valence-corrected chi connectivity index (χ3v) is 4.49. The van der Waals surface area contributed by atoms with Crippen molar-refractivity contribution < 1.29 is 9.53 Å². The van der Waals surface area contributed by atoms with Gasteiger partial charge >= 0.3 is 5.97 Å². The molecule has 0 amide bonds. The summed E-state index contributed by atoms with van der Waals surface area (Å²) < 4.78 is 6.14. The number of rotatable bonds is 2. The topological polar surface area (TPSA) is 42.4 Å². The zero-order chi connectivity index (χ0) is 13.2. The molecule has 1 aliphatic heterocycles. The number of thiophene rings is 1. The predicted molar refractivity (Wildman–Crippen MR) is 76.6 cm³/mol. The Bertz CT molecular complexity index is 596. The largest absolute Gasteiger partial charge is 0.467 e. The number of piperidine rings is 1. The van der Waals surface area contributed by atoms with Gasteiger partial charge in [-0.25, -0.2) is 9.78 Å². The van der Waals surface area contributed by atoms with E-state index in [9.17, 15) is 4.79 Å². The molecule has 4 nitrogen and oxygen atoms in total. The normalized spacial score (nSPS) is 19.6. The van der Waals surface area contributed by atoms with Gasteiger partial charge in [-0.05, 0) is 36.8 Å². The summed E-state index contributed by atoms with van der Waals surface area (Å²) in [5.74, 6) is 0.752. The number of nitrogens with zero attached hydrogens (tertiary/aromatic N) is 2. The Morgan fingerprint density at radius 2 is 2.37 bits per heavy atom. The summed E-state index contributed by atoms with van der Waals surface area (Å²) in [4.78, 5) is 18.5. The molecule has 0 bridgehead atoms. The molecule has 0 N–H and O–H groups in total. The lowest BCUT2D eigenvalue weighted by molar-refractivity contribution is -0.142. The summed E-state index contributed by atoms with van der Waals surface area (Å²) in [7, 11) is 1.45. The molecule has 2 aromatic rings. The average Bonchev–Trinajstić information content (AvgIpc) is 2.94. The smallest absolute Gasteiger partial charge is 0.328 e. The fraction of sp³-hybridized carbons (Fsp3) is 0.429. The second-order valence-corrected chi connectivity index (χ2v) is 5.64. The number of pyridine rings is 1. The lowest BCUT2D eigenvalue weighted by atomic mass is 10.0. The molecule has 19 heavy (non-hydrogen) atoms. The molecule has 0 saturated carbocycles. The summed E-state index contributed by atoms with van der Waals surface area (Å²) in [6, 6.07) is 3.89. The number of aromatic nitrogens is 1. The average molecular weight is 276 g/mol.